The molecule has 30 heavy (non-hydrogen) atoms. The monoisotopic (exact) mass is 439 g/mol. The number of halogens is 1. The fraction of sp³-hybridized carbons (Fsp3) is 0.474. The van der Waals surface area contributed by atoms with E-state index in [0.717, 1.165) is 5.56 Å². The zero-order chi connectivity index (χ0) is 21.6. The summed E-state index contributed by atoms with van der Waals surface area (Å²) in [6.07, 6.45) is 1.09. The Bertz CT molecular complexity index is 926. The first-order valence-corrected chi connectivity index (χ1v) is 11.1. The summed E-state index contributed by atoms with van der Waals surface area (Å²) < 4.78 is 50.0. The number of aromatic nitrogens is 1. The molecule has 1 atom stereocenters. The van der Waals surface area contributed by atoms with E-state index in [9.17, 15) is 12.8 Å². The van der Waals surface area contributed by atoms with Crippen LogP contribution in [-0.4, -0.2) is 75.6 Å². The van der Waals surface area contributed by atoms with Crippen molar-refractivity contribution >= 4 is 16.0 Å². The molecule has 1 fully saturated rings. The number of aliphatic imine (C=N–C) groups is 1. The molecule has 1 aliphatic rings. The molecule has 164 valence electrons. The van der Waals surface area contributed by atoms with E-state index >= 15 is 0 Å². The molecular formula is C19H26FN5O4S. The summed E-state index contributed by atoms with van der Waals surface area (Å²) in [6.45, 7) is 2.16. The number of sulfonamides is 1. The average molecular weight is 440 g/mol. The molecular weight excluding hydrogens is 413 g/mol. The lowest BCUT2D eigenvalue weighted by Crippen LogP contribution is -2.54. The highest BCUT2D eigenvalue weighted by Gasteiger charge is 2.29. The Balaban J connectivity index is 1.54. The number of rotatable bonds is 7. The van der Waals surface area contributed by atoms with Gasteiger partial charge in [-0.15, -0.1) is 0 Å². The van der Waals surface area contributed by atoms with E-state index in [4.69, 9.17) is 9.26 Å². The van der Waals surface area contributed by atoms with Crippen molar-refractivity contribution in [3.05, 3.63) is 53.7 Å². The van der Waals surface area contributed by atoms with Crippen molar-refractivity contribution in [2.24, 2.45) is 4.99 Å². The Hall–Kier alpha value is -2.50. The first-order valence-electron chi connectivity index (χ1n) is 9.54. The van der Waals surface area contributed by atoms with Gasteiger partial charge >= 0.3 is 0 Å². The minimum atomic E-state index is -3.46. The topological polar surface area (TPSA) is 100 Å². The minimum Gasteiger partial charge on any atom is -0.375 e. The van der Waals surface area contributed by atoms with Crippen molar-refractivity contribution in [3.63, 3.8) is 0 Å². The molecule has 1 saturated heterocycles. The van der Waals surface area contributed by atoms with Crippen molar-refractivity contribution in [2.45, 2.75) is 11.9 Å². The molecule has 0 bridgehead atoms. The number of guanidine groups is 1. The molecule has 1 unspecified atom stereocenters. The second-order valence-electron chi connectivity index (χ2n) is 6.84. The molecule has 0 aliphatic carbocycles. The third-order valence-electron chi connectivity index (χ3n) is 4.94. The first-order chi connectivity index (χ1) is 14.4. The summed E-state index contributed by atoms with van der Waals surface area (Å²) in [6, 6.07) is 7.72. The molecule has 2 aromatic rings. The lowest BCUT2D eigenvalue weighted by atomic mass is 10.1. The SMILES string of the molecule is CN=C(NCC(OC)c1ccc(F)cc1)N1CCN(S(=O)(=O)Cc2ccon2)CC1. The molecule has 1 aromatic carbocycles. The highest BCUT2D eigenvalue weighted by molar-refractivity contribution is 7.88. The van der Waals surface area contributed by atoms with Gasteiger partial charge in [-0.1, -0.05) is 17.3 Å². The van der Waals surface area contributed by atoms with Crippen molar-refractivity contribution in [2.75, 3.05) is 46.9 Å². The number of ether oxygens (including phenoxy) is 1. The normalized spacial score (nSPS) is 17.2. The van der Waals surface area contributed by atoms with Gasteiger partial charge in [0, 0.05) is 52.9 Å². The Morgan fingerprint density at radius 3 is 2.53 bits per heavy atom. The van der Waals surface area contributed by atoms with E-state index in [1.165, 1.54) is 22.7 Å². The van der Waals surface area contributed by atoms with Gasteiger partial charge in [0.1, 0.15) is 17.8 Å². The zero-order valence-corrected chi connectivity index (χ0v) is 17.8. The lowest BCUT2D eigenvalue weighted by Gasteiger charge is -2.36. The maximum Gasteiger partial charge on any atom is 0.220 e. The van der Waals surface area contributed by atoms with Crippen molar-refractivity contribution < 1.29 is 22.1 Å². The Morgan fingerprint density at radius 1 is 1.27 bits per heavy atom. The predicted molar refractivity (Wildman–Crippen MR) is 110 cm³/mol. The molecule has 1 aromatic heterocycles. The summed E-state index contributed by atoms with van der Waals surface area (Å²) in [5.74, 6) is 0.186. The Labute approximate surface area is 175 Å². The molecule has 0 saturated carbocycles. The van der Waals surface area contributed by atoms with E-state index in [0.29, 0.717) is 44.4 Å². The van der Waals surface area contributed by atoms with Gasteiger partial charge in [-0.3, -0.25) is 4.99 Å². The molecule has 0 amide bonds. The van der Waals surface area contributed by atoms with Crippen LogP contribution in [0.2, 0.25) is 0 Å². The van der Waals surface area contributed by atoms with Crippen LogP contribution in [-0.2, 0) is 20.5 Å². The summed E-state index contributed by atoms with van der Waals surface area (Å²) >= 11 is 0. The largest absolute Gasteiger partial charge is 0.375 e. The van der Waals surface area contributed by atoms with Crippen LogP contribution in [0.25, 0.3) is 0 Å². The smallest absolute Gasteiger partial charge is 0.220 e. The van der Waals surface area contributed by atoms with Gasteiger partial charge in [0.05, 0.1) is 11.8 Å². The summed E-state index contributed by atoms with van der Waals surface area (Å²) in [4.78, 5) is 6.30. The fourth-order valence-electron chi connectivity index (χ4n) is 3.30. The van der Waals surface area contributed by atoms with Gasteiger partial charge in [-0.2, -0.15) is 4.31 Å². The van der Waals surface area contributed by atoms with E-state index in [1.54, 1.807) is 32.4 Å². The number of benzene rings is 1. The van der Waals surface area contributed by atoms with Crippen molar-refractivity contribution in [1.82, 2.24) is 19.7 Å². The van der Waals surface area contributed by atoms with Crippen molar-refractivity contribution in [1.29, 1.82) is 0 Å². The van der Waals surface area contributed by atoms with Gasteiger partial charge in [0.15, 0.2) is 5.96 Å². The number of nitrogens with one attached hydrogen (secondary N) is 1. The Morgan fingerprint density at radius 2 is 1.97 bits per heavy atom. The molecule has 3 rings (SSSR count). The molecule has 11 heteroatoms. The highest BCUT2D eigenvalue weighted by atomic mass is 32.2. The van der Waals surface area contributed by atoms with Crippen LogP contribution in [0.5, 0.6) is 0 Å². The molecule has 1 aliphatic heterocycles. The maximum atomic E-state index is 13.1. The van der Waals surface area contributed by atoms with Crippen molar-refractivity contribution in [3.8, 4) is 0 Å². The van der Waals surface area contributed by atoms with Crippen LogP contribution in [0, 0.1) is 5.82 Å². The van der Waals surface area contributed by atoms with Gasteiger partial charge < -0.3 is 19.5 Å². The zero-order valence-electron chi connectivity index (χ0n) is 17.0. The maximum absolute atomic E-state index is 13.1. The number of piperazine rings is 1. The van der Waals surface area contributed by atoms with Gasteiger partial charge in [0.2, 0.25) is 10.0 Å². The van der Waals surface area contributed by atoms with Gasteiger partial charge in [0.25, 0.3) is 0 Å². The second-order valence-corrected chi connectivity index (χ2v) is 8.81. The molecule has 0 spiro atoms. The first kappa shape index (κ1) is 22.2. The fourth-order valence-corrected chi connectivity index (χ4v) is 4.72. The second kappa shape index (κ2) is 10.0. The van der Waals surface area contributed by atoms with E-state index in [1.807, 2.05) is 4.90 Å². The van der Waals surface area contributed by atoms with Crippen LogP contribution in [0.1, 0.15) is 17.4 Å². The molecule has 2 heterocycles. The van der Waals surface area contributed by atoms with E-state index < -0.39 is 10.0 Å². The third kappa shape index (κ3) is 5.55. The quantitative estimate of drug-likeness (QED) is 0.511. The number of hydrogen-bond acceptors (Lipinski definition) is 6. The summed E-state index contributed by atoms with van der Waals surface area (Å²) in [5, 5.41) is 6.94. The van der Waals surface area contributed by atoms with Crippen LogP contribution in [0.4, 0.5) is 4.39 Å². The minimum absolute atomic E-state index is 0.177. The van der Waals surface area contributed by atoms with Gasteiger partial charge in [-0.25, -0.2) is 12.8 Å². The van der Waals surface area contributed by atoms with Crippen LogP contribution in [0.3, 0.4) is 0 Å². The van der Waals surface area contributed by atoms with Crippen LogP contribution >= 0.6 is 0 Å². The number of methoxy groups -OCH3 is 1. The summed E-state index contributed by atoms with van der Waals surface area (Å²) in [7, 11) is -0.188. The van der Waals surface area contributed by atoms with Crippen LogP contribution < -0.4 is 5.32 Å². The van der Waals surface area contributed by atoms with E-state index in [2.05, 4.69) is 15.5 Å². The van der Waals surface area contributed by atoms with Crippen LogP contribution in [0.15, 0.2) is 46.1 Å². The highest BCUT2D eigenvalue weighted by Crippen LogP contribution is 2.17. The number of hydrogen-bond donors (Lipinski definition) is 1. The lowest BCUT2D eigenvalue weighted by molar-refractivity contribution is 0.105. The predicted octanol–water partition coefficient (Wildman–Crippen LogP) is 1.22. The summed E-state index contributed by atoms with van der Waals surface area (Å²) in [5.41, 5.74) is 1.24. The molecule has 0 radical (unpaired) electrons. The molecule has 1 N–H and O–H groups in total. The average Bonchev–Trinajstić information content (AvgIpc) is 3.25. The Kier molecular flexibility index (Phi) is 7.40. The van der Waals surface area contributed by atoms with Gasteiger partial charge in [-0.05, 0) is 17.7 Å². The molecule has 9 nitrogen and oxygen atoms in total. The number of nitrogens with zero attached hydrogens (tertiary/aromatic N) is 4. The third-order valence-corrected chi connectivity index (χ3v) is 6.75. The van der Waals surface area contributed by atoms with E-state index in [-0.39, 0.29) is 17.7 Å². The standard InChI is InChI=1S/C19H26FN5O4S/c1-21-19(22-13-18(28-2)15-3-5-16(20)6-4-15)24-8-10-25(11-9-24)30(26,27)14-17-7-12-29-23-17/h3-7,12,18H,8-11,13-14H2,1-2H3,(H,21,22).